The van der Waals surface area contributed by atoms with Crippen molar-refractivity contribution in [1.82, 2.24) is 14.5 Å². The van der Waals surface area contributed by atoms with Gasteiger partial charge in [0.2, 0.25) is 0 Å². The zero-order valence-corrected chi connectivity index (χ0v) is 13.3. The van der Waals surface area contributed by atoms with Crippen molar-refractivity contribution in [2.45, 2.75) is 39.7 Å². The molecule has 2 aromatic heterocycles. The van der Waals surface area contributed by atoms with Crippen LogP contribution in [0.4, 0.5) is 0 Å². The van der Waals surface area contributed by atoms with E-state index in [4.69, 9.17) is 12.2 Å². The van der Waals surface area contributed by atoms with E-state index in [1.807, 2.05) is 12.3 Å². The van der Waals surface area contributed by atoms with Gasteiger partial charge in [-0.1, -0.05) is 20.3 Å². The molecule has 3 nitrogen and oxygen atoms in total. The van der Waals surface area contributed by atoms with E-state index >= 15 is 0 Å². The minimum atomic E-state index is 0.370. The van der Waals surface area contributed by atoms with Crippen molar-refractivity contribution in [3.05, 3.63) is 21.5 Å². The van der Waals surface area contributed by atoms with E-state index in [0.29, 0.717) is 12.0 Å². The molecule has 18 heavy (non-hydrogen) atoms. The van der Waals surface area contributed by atoms with Crippen molar-refractivity contribution >= 4 is 39.3 Å². The van der Waals surface area contributed by atoms with Crippen molar-refractivity contribution in [3.63, 3.8) is 0 Å². The Morgan fingerprint density at radius 2 is 2.22 bits per heavy atom. The molecule has 0 saturated carbocycles. The Bertz CT molecular complexity index is 602. The molecule has 0 aliphatic carbocycles. The van der Waals surface area contributed by atoms with E-state index in [1.165, 1.54) is 6.42 Å². The summed E-state index contributed by atoms with van der Waals surface area (Å²) in [6, 6.07) is 2.39. The van der Waals surface area contributed by atoms with Gasteiger partial charge in [-0.25, -0.2) is 4.98 Å². The van der Waals surface area contributed by atoms with Crippen LogP contribution in [0.3, 0.4) is 0 Å². The molecule has 0 spiro atoms. The molecule has 0 bridgehead atoms. The highest BCUT2D eigenvalue weighted by molar-refractivity contribution is 9.10. The number of nitrogens with zero attached hydrogens (tertiary/aromatic N) is 2. The quantitative estimate of drug-likeness (QED) is 0.814. The van der Waals surface area contributed by atoms with E-state index in [9.17, 15) is 0 Å². The zero-order valence-electron chi connectivity index (χ0n) is 10.9. The number of aromatic nitrogens is 3. The lowest BCUT2D eigenvalue weighted by atomic mass is 10.0. The van der Waals surface area contributed by atoms with Gasteiger partial charge in [-0.3, -0.25) is 4.57 Å². The number of nitrogens with one attached hydrogen (secondary N) is 1. The van der Waals surface area contributed by atoms with Crippen molar-refractivity contribution < 1.29 is 0 Å². The number of hydrogen-bond donors (Lipinski definition) is 1. The maximum absolute atomic E-state index is 5.41. The van der Waals surface area contributed by atoms with Crippen LogP contribution in [0.5, 0.6) is 0 Å². The lowest BCUT2D eigenvalue weighted by Crippen LogP contribution is -2.09. The van der Waals surface area contributed by atoms with E-state index in [2.05, 4.69) is 51.2 Å². The third-order valence-corrected chi connectivity index (χ3v) is 4.14. The molecule has 1 N–H and O–H groups in total. The third-order valence-electron chi connectivity index (χ3n) is 3.40. The molecule has 2 rings (SSSR count). The first-order valence-corrected chi connectivity index (χ1v) is 7.48. The van der Waals surface area contributed by atoms with Gasteiger partial charge in [-0.2, -0.15) is 0 Å². The lowest BCUT2D eigenvalue weighted by Gasteiger charge is -2.17. The van der Waals surface area contributed by atoms with Gasteiger partial charge in [0.15, 0.2) is 10.4 Å². The van der Waals surface area contributed by atoms with Gasteiger partial charge in [-0.05, 0) is 53.5 Å². The number of aromatic amines is 1. The van der Waals surface area contributed by atoms with Crippen LogP contribution >= 0.6 is 28.1 Å². The number of hydrogen-bond acceptors (Lipinski definition) is 2. The van der Waals surface area contributed by atoms with Crippen molar-refractivity contribution in [2.75, 3.05) is 0 Å². The number of H-pyrrole nitrogens is 1. The predicted molar refractivity (Wildman–Crippen MR) is 81.4 cm³/mol. The molecule has 0 aliphatic heterocycles. The van der Waals surface area contributed by atoms with E-state index in [-0.39, 0.29) is 0 Å². The van der Waals surface area contributed by atoms with Crippen LogP contribution in [-0.4, -0.2) is 14.5 Å². The molecule has 2 atom stereocenters. The number of halogens is 1. The number of rotatable bonds is 4. The van der Waals surface area contributed by atoms with Gasteiger partial charge in [0.25, 0.3) is 0 Å². The van der Waals surface area contributed by atoms with Crippen LogP contribution in [-0.2, 0) is 0 Å². The standard InChI is InChI=1S/C13H18BrN3S/c1-4-8(2)5-9(3)17-12-11(16-13(17)18)6-10(14)7-15-12/h6-9H,4-5H2,1-3H3,(H,16,18). The molecule has 2 aromatic rings. The molecule has 2 unspecified atom stereocenters. The second-order valence-electron chi connectivity index (χ2n) is 4.92. The summed E-state index contributed by atoms with van der Waals surface area (Å²) in [6.45, 7) is 6.71. The molecular weight excluding hydrogens is 310 g/mol. The van der Waals surface area contributed by atoms with Gasteiger partial charge in [0.1, 0.15) is 0 Å². The summed E-state index contributed by atoms with van der Waals surface area (Å²) in [5, 5.41) is 0. The molecular formula is C13H18BrN3S. The fourth-order valence-electron chi connectivity index (χ4n) is 2.25. The summed E-state index contributed by atoms with van der Waals surface area (Å²) in [7, 11) is 0. The van der Waals surface area contributed by atoms with Crippen molar-refractivity contribution in [1.29, 1.82) is 0 Å². The molecule has 0 amide bonds. The minimum Gasteiger partial charge on any atom is -0.329 e. The largest absolute Gasteiger partial charge is 0.329 e. The maximum atomic E-state index is 5.41. The average molecular weight is 328 g/mol. The molecule has 2 heterocycles. The summed E-state index contributed by atoms with van der Waals surface area (Å²) in [4.78, 5) is 7.70. The molecule has 0 aliphatic rings. The normalized spacial score (nSPS) is 14.9. The zero-order chi connectivity index (χ0) is 13.3. The summed E-state index contributed by atoms with van der Waals surface area (Å²) >= 11 is 8.84. The van der Waals surface area contributed by atoms with Gasteiger partial charge >= 0.3 is 0 Å². The lowest BCUT2D eigenvalue weighted by molar-refractivity contribution is 0.401. The van der Waals surface area contributed by atoms with E-state index in [0.717, 1.165) is 26.8 Å². The van der Waals surface area contributed by atoms with Gasteiger partial charge in [0.05, 0.1) is 5.52 Å². The second kappa shape index (κ2) is 5.53. The van der Waals surface area contributed by atoms with Crippen LogP contribution in [0.1, 0.15) is 39.7 Å². The Morgan fingerprint density at radius 3 is 2.89 bits per heavy atom. The van der Waals surface area contributed by atoms with Crippen molar-refractivity contribution in [2.24, 2.45) is 5.92 Å². The smallest absolute Gasteiger partial charge is 0.179 e. The number of imidazole rings is 1. The first-order valence-electron chi connectivity index (χ1n) is 6.28. The van der Waals surface area contributed by atoms with Crippen LogP contribution in [0.15, 0.2) is 16.7 Å². The monoisotopic (exact) mass is 327 g/mol. The average Bonchev–Trinajstić information content (AvgIpc) is 2.63. The van der Waals surface area contributed by atoms with E-state index in [1.54, 1.807) is 0 Å². The topological polar surface area (TPSA) is 33.6 Å². The Labute approximate surface area is 121 Å². The molecule has 5 heteroatoms. The predicted octanol–water partition coefficient (Wildman–Crippen LogP) is 4.85. The fraction of sp³-hybridized carbons (Fsp3) is 0.538. The Kier molecular flexibility index (Phi) is 4.22. The maximum Gasteiger partial charge on any atom is 0.179 e. The number of fused-ring (bicyclic) bond motifs is 1. The highest BCUT2D eigenvalue weighted by Gasteiger charge is 2.14. The summed E-state index contributed by atoms with van der Waals surface area (Å²) < 4.78 is 3.85. The second-order valence-corrected chi connectivity index (χ2v) is 6.23. The summed E-state index contributed by atoms with van der Waals surface area (Å²) in [5.41, 5.74) is 1.93. The highest BCUT2D eigenvalue weighted by Crippen LogP contribution is 2.25. The van der Waals surface area contributed by atoms with Gasteiger partial charge in [0, 0.05) is 16.7 Å². The van der Waals surface area contributed by atoms with Crippen LogP contribution < -0.4 is 0 Å². The molecule has 0 saturated heterocycles. The Hall–Kier alpha value is -0.680. The molecule has 98 valence electrons. The van der Waals surface area contributed by atoms with Gasteiger partial charge in [-0.15, -0.1) is 0 Å². The minimum absolute atomic E-state index is 0.370. The van der Waals surface area contributed by atoms with E-state index < -0.39 is 0 Å². The summed E-state index contributed by atoms with van der Waals surface area (Å²) in [6.07, 6.45) is 4.13. The fourth-order valence-corrected chi connectivity index (χ4v) is 2.96. The Morgan fingerprint density at radius 1 is 1.50 bits per heavy atom. The van der Waals surface area contributed by atoms with Gasteiger partial charge < -0.3 is 4.98 Å². The SMILES string of the molecule is CCC(C)CC(C)n1c(=S)[nH]c2cc(Br)cnc21. The first-order chi connectivity index (χ1) is 8.52. The number of pyridine rings is 1. The molecule has 0 aromatic carbocycles. The van der Waals surface area contributed by atoms with Crippen LogP contribution in [0, 0.1) is 10.7 Å². The Balaban J connectivity index is 2.44. The van der Waals surface area contributed by atoms with Crippen molar-refractivity contribution in [3.8, 4) is 0 Å². The molecule has 0 fully saturated rings. The molecule has 0 radical (unpaired) electrons. The van der Waals surface area contributed by atoms with Crippen LogP contribution in [0.25, 0.3) is 11.2 Å². The highest BCUT2D eigenvalue weighted by atomic mass is 79.9. The summed E-state index contributed by atoms with van der Waals surface area (Å²) in [5.74, 6) is 0.697. The van der Waals surface area contributed by atoms with Crippen LogP contribution in [0.2, 0.25) is 0 Å². The first kappa shape index (κ1) is 13.7. The third kappa shape index (κ3) is 2.67.